The molecule has 0 bridgehead atoms. The Hall–Kier alpha value is -1.32. The van der Waals surface area contributed by atoms with E-state index in [0.717, 1.165) is 13.2 Å². The SMILES string of the molecule is C=CNC.CC.c1ccc(CCCN2CCNC2)cc1. The highest BCUT2D eigenvalue weighted by Gasteiger charge is 2.09. The van der Waals surface area contributed by atoms with Crippen LogP contribution in [0.1, 0.15) is 25.8 Å². The summed E-state index contributed by atoms with van der Waals surface area (Å²) in [5.41, 5.74) is 1.46. The summed E-state index contributed by atoms with van der Waals surface area (Å²) in [6, 6.07) is 10.7. The average Bonchev–Trinajstić information content (AvgIpc) is 3.04. The predicted molar refractivity (Wildman–Crippen MR) is 89.8 cm³/mol. The molecule has 3 heteroatoms. The van der Waals surface area contributed by atoms with E-state index in [0.29, 0.717) is 0 Å². The fourth-order valence-electron chi connectivity index (χ4n) is 1.90. The molecule has 0 unspecified atom stereocenters. The van der Waals surface area contributed by atoms with Crippen molar-refractivity contribution < 1.29 is 0 Å². The number of nitrogens with zero attached hydrogens (tertiary/aromatic N) is 1. The molecule has 1 aliphatic heterocycles. The van der Waals surface area contributed by atoms with Gasteiger partial charge in [-0.1, -0.05) is 50.8 Å². The zero-order valence-corrected chi connectivity index (χ0v) is 13.4. The normalized spacial score (nSPS) is 13.6. The van der Waals surface area contributed by atoms with Gasteiger partial charge < -0.3 is 10.6 Å². The lowest BCUT2D eigenvalue weighted by atomic mass is 10.1. The molecule has 20 heavy (non-hydrogen) atoms. The standard InChI is InChI=1S/C12H18N2.C3H7N.C2H6/c1-2-5-12(6-3-1)7-4-9-14-10-8-13-11-14;1-3-4-2;1-2/h1-3,5-6,13H,4,7-11H2;3-4H,1H2,2H3;1-2H3. The number of rotatable bonds is 5. The third kappa shape index (κ3) is 9.59. The molecule has 0 spiro atoms. The van der Waals surface area contributed by atoms with Crippen LogP contribution in [0, 0.1) is 0 Å². The fourth-order valence-corrected chi connectivity index (χ4v) is 1.90. The number of hydrogen-bond donors (Lipinski definition) is 2. The second-order valence-electron chi connectivity index (χ2n) is 4.36. The van der Waals surface area contributed by atoms with Crippen molar-refractivity contribution in [1.82, 2.24) is 15.5 Å². The molecule has 2 N–H and O–H groups in total. The summed E-state index contributed by atoms with van der Waals surface area (Å²) in [6.45, 7) is 12.0. The maximum absolute atomic E-state index is 3.37. The molecule has 0 atom stereocenters. The molecule has 0 aromatic heterocycles. The highest BCUT2D eigenvalue weighted by Crippen LogP contribution is 2.04. The second kappa shape index (κ2) is 14.1. The highest BCUT2D eigenvalue weighted by atomic mass is 15.3. The van der Waals surface area contributed by atoms with Gasteiger partial charge in [-0.25, -0.2) is 0 Å². The largest absolute Gasteiger partial charge is 0.394 e. The zero-order chi connectivity index (χ0) is 15.1. The van der Waals surface area contributed by atoms with Crippen molar-refractivity contribution in [3.63, 3.8) is 0 Å². The molecule has 1 aromatic rings. The average molecular weight is 277 g/mol. The predicted octanol–water partition coefficient (Wildman–Crippen LogP) is 2.86. The van der Waals surface area contributed by atoms with Crippen molar-refractivity contribution in [3.8, 4) is 0 Å². The summed E-state index contributed by atoms with van der Waals surface area (Å²) in [5.74, 6) is 0. The topological polar surface area (TPSA) is 27.3 Å². The Balaban J connectivity index is 0.000000521. The van der Waals surface area contributed by atoms with Crippen LogP contribution in [0.5, 0.6) is 0 Å². The smallest absolute Gasteiger partial charge is 0.0481 e. The summed E-state index contributed by atoms with van der Waals surface area (Å²) < 4.78 is 0. The summed E-state index contributed by atoms with van der Waals surface area (Å²) in [6.07, 6.45) is 4.10. The molecule has 2 rings (SSSR count). The van der Waals surface area contributed by atoms with Gasteiger partial charge in [-0.2, -0.15) is 0 Å². The van der Waals surface area contributed by atoms with Crippen molar-refractivity contribution in [2.75, 3.05) is 33.4 Å². The molecular formula is C17H31N3. The summed E-state index contributed by atoms with van der Waals surface area (Å²) in [7, 11) is 1.81. The van der Waals surface area contributed by atoms with Gasteiger partial charge in [-0.3, -0.25) is 4.90 Å². The van der Waals surface area contributed by atoms with Gasteiger partial charge in [-0.05, 0) is 31.1 Å². The Labute approximate surface area is 125 Å². The Morgan fingerprint density at radius 2 is 1.95 bits per heavy atom. The van der Waals surface area contributed by atoms with Crippen LogP contribution in [0.15, 0.2) is 43.1 Å². The Bertz CT molecular complexity index is 305. The number of benzene rings is 1. The van der Waals surface area contributed by atoms with Gasteiger partial charge in [0.1, 0.15) is 0 Å². The van der Waals surface area contributed by atoms with E-state index in [4.69, 9.17) is 0 Å². The van der Waals surface area contributed by atoms with Gasteiger partial charge in [0, 0.05) is 26.8 Å². The van der Waals surface area contributed by atoms with E-state index in [2.05, 4.69) is 52.4 Å². The van der Waals surface area contributed by atoms with Gasteiger partial charge in [0.05, 0.1) is 0 Å². The van der Waals surface area contributed by atoms with Gasteiger partial charge in [0.15, 0.2) is 0 Å². The first kappa shape index (κ1) is 18.7. The molecule has 1 aliphatic rings. The van der Waals surface area contributed by atoms with E-state index < -0.39 is 0 Å². The van der Waals surface area contributed by atoms with Crippen LogP contribution in [0.25, 0.3) is 0 Å². The second-order valence-corrected chi connectivity index (χ2v) is 4.36. The van der Waals surface area contributed by atoms with Crippen molar-refractivity contribution in [2.45, 2.75) is 26.7 Å². The number of hydrogen-bond acceptors (Lipinski definition) is 3. The molecule has 3 nitrogen and oxygen atoms in total. The van der Waals surface area contributed by atoms with Crippen LogP contribution in [-0.4, -0.2) is 38.3 Å². The summed E-state index contributed by atoms with van der Waals surface area (Å²) in [5, 5.41) is 6.04. The third-order valence-corrected chi connectivity index (χ3v) is 2.93. The summed E-state index contributed by atoms with van der Waals surface area (Å²) >= 11 is 0. The maximum Gasteiger partial charge on any atom is 0.0481 e. The lowest BCUT2D eigenvalue weighted by molar-refractivity contribution is 0.330. The number of nitrogens with one attached hydrogen (secondary N) is 2. The highest BCUT2D eigenvalue weighted by molar-refractivity contribution is 5.14. The van der Waals surface area contributed by atoms with Crippen molar-refractivity contribution in [3.05, 3.63) is 48.7 Å². The van der Waals surface area contributed by atoms with Crippen LogP contribution in [-0.2, 0) is 6.42 Å². The Morgan fingerprint density at radius 3 is 2.45 bits per heavy atom. The van der Waals surface area contributed by atoms with Crippen LogP contribution < -0.4 is 10.6 Å². The van der Waals surface area contributed by atoms with E-state index in [1.54, 1.807) is 6.20 Å². The minimum absolute atomic E-state index is 1.08. The van der Waals surface area contributed by atoms with Crippen LogP contribution in [0.3, 0.4) is 0 Å². The van der Waals surface area contributed by atoms with E-state index in [9.17, 15) is 0 Å². The van der Waals surface area contributed by atoms with E-state index in [1.807, 2.05) is 20.9 Å². The molecule has 0 radical (unpaired) electrons. The molecule has 1 aromatic carbocycles. The van der Waals surface area contributed by atoms with Crippen molar-refractivity contribution in [2.24, 2.45) is 0 Å². The molecule has 1 heterocycles. The lowest BCUT2D eigenvalue weighted by Gasteiger charge is -2.12. The molecule has 1 fully saturated rings. The quantitative estimate of drug-likeness (QED) is 0.866. The van der Waals surface area contributed by atoms with Crippen LogP contribution >= 0.6 is 0 Å². The van der Waals surface area contributed by atoms with E-state index in [-0.39, 0.29) is 0 Å². The molecule has 0 amide bonds. The molecular weight excluding hydrogens is 246 g/mol. The minimum Gasteiger partial charge on any atom is -0.394 e. The third-order valence-electron chi connectivity index (χ3n) is 2.93. The van der Waals surface area contributed by atoms with Crippen molar-refractivity contribution >= 4 is 0 Å². The Kier molecular flexibility index (Phi) is 13.2. The monoisotopic (exact) mass is 277 g/mol. The summed E-state index contributed by atoms with van der Waals surface area (Å²) in [4.78, 5) is 2.48. The molecule has 1 saturated heterocycles. The molecule has 0 aliphatic carbocycles. The first-order valence-corrected chi connectivity index (χ1v) is 7.62. The van der Waals surface area contributed by atoms with Crippen LogP contribution in [0.2, 0.25) is 0 Å². The maximum atomic E-state index is 3.37. The number of aryl methyl sites for hydroxylation is 1. The Morgan fingerprint density at radius 1 is 1.30 bits per heavy atom. The zero-order valence-electron chi connectivity index (χ0n) is 13.4. The van der Waals surface area contributed by atoms with Gasteiger partial charge in [0.25, 0.3) is 0 Å². The van der Waals surface area contributed by atoms with Crippen LogP contribution in [0.4, 0.5) is 0 Å². The van der Waals surface area contributed by atoms with Gasteiger partial charge in [0.2, 0.25) is 0 Å². The minimum atomic E-state index is 1.08. The first-order valence-electron chi connectivity index (χ1n) is 7.62. The molecule has 0 saturated carbocycles. The first-order chi connectivity index (χ1) is 9.86. The van der Waals surface area contributed by atoms with Gasteiger partial charge >= 0.3 is 0 Å². The lowest BCUT2D eigenvalue weighted by Crippen LogP contribution is -2.23. The van der Waals surface area contributed by atoms with Crippen molar-refractivity contribution in [1.29, 1.82) is 0 Å². The molecule has 114 valence electrons. The van der Waals surface area contributed by atoms with Gasteiger partial charge in [-0.15, -0.1) is 0 Å². The van der Waals surface area contributed by atoms with E-state index >= 15 is 0 Å². The van der Waals surface area contributed by atoms with E-state index in [1.165, 1.54) is 31.5 Å². The fraction of sp³-hybridized carbons (Fsp3) is 0.529.